The quantitative estimate of drug-likeness (QED) is 0.829. The van der Waals surface area contributed by atoms with Crippen LogP contribution in [-0.2, 0) is 4.74 Å². The van der Waals surface area contributed by atoms with Crippen LogP contribution >= 0.6 is 0 Å². The second-order valence-corrected chi connectivity index (χ2v) is 5.88. The summed E-state index contributed by atoms with van der Waals surface area (Å²) in [5.41, 5.74) is 2.79. The highest BCUT2D eigenvalue weighted by Gasteiger charge is 2.18. The molecular weight excluding hydrogens is 248 g/mol. The van der Waals surface area contributed by atoms with Gasteiger partial charge in [0.1, 0.15) is 0 Å². The fourth-order valence-corrected chi connectivity index (χ4v) is 3.01. The molecular formula is C17H28N2O. The van der Waals surface area contributed by atoms with Crippen LogP contribution in [-0.4, -0.2) is 44.8 Å². The van der Waals surface area contributed by atoms with E-state index >= 15 is 0 Å². The van der Waals surface area contributed by atoms with Crippen LogP contribution in [0, 0.1) is 6.92 Å². The van der Waals surface area contributed by atoms with E-state index in [2.05, 4.69) is 55.5 Å². The maximum absolute atomic E-state index is 5.70. The van der Waals surface area contributed by atoms with Gasteiger partial charge in [-0.05, 0) is 58.0 Å². The zero-order chi connectivity index (χ0) is 14.4. The van der Waals surface area contributed by atoms with E-state index in [1.807, 2.05) is 0 Å². The minimum Gasteiger partial charge on any atom is -0.377 e. The molecule has 1 aliphatic heterocycles. The van der Waals surface area contributed by atoms with Gasteiger partial charge in [0, 0.05) is 19.2 Å². The van der Waals surface area contributed by atoms with Crippen molar-refractivity contribution in [3.63, 3.8) is 0 Å². The molecule has 0 radical (unpaired) electrons. The number of nitrogens with one attached hydrogen (secondary N) is 1. The molecule has 3 nitrogen and oxygen atoms in total. The molecule has 0 bridgehead atoms. The van der Waals surface area contributed by atoms with E-state index in [0.29, 0.717) is 12.1 Å². The number of nitrogens with zero attached hydrogens (tertiary/aromatic N) is 1. The molecule has 0 amide bonds. The second-order valence-electron chi connectivity index (χ2n) is 5.88. The van der Waals surface area contributed by atoms with Crippen molar-refractivity contribution in [3.05, 3.63) is 35.4 Å². The topological polar surface area (TPSA) is 24.5 Å². The fraction of sp³-hybridized carbons (Fsp3) is 0.647. The maximum atomic E-state index is 5.70. The molecule has 0 spiro atoms. The number of likely N-dealkylation sites (N-methyl/N-ethyl adjacent to an activating group) is 1. The number of hydrogen-bond acceptors (Lipinski definition) is 3. The molecule has 112 valence electrons. The van der Waals surface area contributed by atoms with E-state index in [1.54, 1.807) is 0 Å². The maximum Gasteiger partial charge on any atom is 0.0702 e. The largest absolute Gasteiger partial charge is 0.377 e. The third-order valence-corrected chi connectivity index (χ3v) is 4.25. The summed E-state index contributed by atoms with van der Waals surface area (Å²) in [4.78, 5) is 2.40. The molecule has 3 heteroatoms. The lowest BCUT2D eigenvalue weighted by molar-refractivity contribution is 0.0801. The molecule has 0 aromatic heterocycles. The van der Waals surface area contributed by atoms with E-state index in [-0.39, 0.29) is 0 Å². The van der Waals surface area contributed by atoms with Crippen LogP contribution in [0.3, 0.4) is 0 Å². The van der Waals surface area contributed by atoms with Crippen molar-refractivity contribution in [2.75, 3.05) is 33.8 Å². The molecule has 1 aromatic carbocycles. The summed E-state index contributed by atoms with van der Waals surface area (Å²) in [5.74, 6) is 0. The highest BCUT2D eigenvalue weighted by Crippen LogP contribution is 2.21. The van der Waals surface area contributed by atoms with Crippen molar-refractivity contribution in [2.24, 2.45) is 0 Å². The Balaban J connectivity index is 1.82. The first-order valence-corrected chi connectivity index (χ1v) is 7.73. The van der Waals surface area contributed by atoms with Gasteiger partial charge in [-0.15, -0.1) is 0 Å². The van der Waals surface area contributed by atoms with Gasteiger partial charge >= 0.3 is 0 Å². The average molecular weight is 276 g/mol. The summed E-state index contributed by atoms with van der Waals surface area (Å²) in [6, 6.07) is 9.09. The Morgan fingerprint density at radius 1 is 1.40 bits per heavy atom. The molecule has 0 saturated carbocycles. The lowest BCUT2D eigenvalue weighted by Crippen LogP contribution is -2.31. The zero-order valence-corrected chi connectivity index (χ0v) is 13.1. The fourth-order valence-electron chi connectivity index (χ4n) is 3.01. The molecule has 1 fully saturated rings. The minimum atomic E-state index is 0.433. The van der Waals surface area contributed by atoms with Gasteiger partial charge in [-0.2, -0.15) is 0 Å². The van der Waals surface area contributed by atoms with Gasteiger partial charge in [0.25, 0.3) is 0 Å². The van der Waals surface area contributed by atoms with Crippen LogP contribution in [0.25, 0.3) is 0 Å². The van der Waals surface area contributed by atoms with E-state index < -0.39 is 0 Å². The first-order chi connectivity index (χ1) is 9.70. The van der Waals surface area contributed by atoms with E-state index in [9.17, 15) is 0 Å². The Morgan fingerprint density at radius 2 is 2.20 bits per heavy atom. The van der Waals surface area contributed by atoms with Gasteiger partial charge < -0.3 is 15.0 Å². The zero-order valence-electron chi connectivity index (χ0n) is 13.1. The minimum absolute atomic E-state index is 0.433. The summed E-state index contributed by atoms with van der Waals surface area (Å²) in [6.07, 6.45) is 4.02. The first kappa shape index (κ1) is 15.5. The molecule has 0 aliphatic carbocycles. The molecule has 1 aliphatic rings. The third kappa shape index (κ3) is 4.30. The Bertz CT molecular complexity index is 402. The van der Waals surface area contributed by atoms with Crippen molar-refractivity contribution in [1.82, 2.24) is 10.2 Å². The lowest BCUT2D eigenvalue weighted by atomic mass is 9.99. The van der Waals surface area contributed by atoms with Crippen molar-refractivity contribution in [3.8, 4) is 0 Å². The molecule has 1 heterocycles. The molecule has 1 aromatic rings. The smallest absolute Gasteiger partial charge is 0.0702 e. The van der Waals surface area contributed by atoms with Gasteiger partial charge in [0.2, 0.25) is 0 Å². The molecule has 20 heavy (non-hydrogen) atoms. The van der Waals surface area contributed by atoms with Crippen LogP contribution in [0.2, 0.25) is 0 Å². The van der Waals surface area contributed by atoms with E-state index in [1.165, 1.54) is 24.0 Å². The molecule has 1 saturated heterocycles. The Morgan fingerprint density at radius 3 is 2.85 bits per heavy atom. The van der Waals surface area contributed by atoms with Crippen molar-refractivity contribution in [1.29, 1.82) is 0 Å². The van der Waals surface area contributed by atoms with Crippen LogP contribution < -0.4 is 5.32 Å². The number of hydrogen-bond donors (Lipinski definition) is 1. The average Bonchev–Trinajstić information content (AvgIpc) is 2.94. The first-order valence-electron chi connectivity index (χ1n) is 7.73. The standard InChI is InChI=1S/C17H28N2O/c1-14-7-4-5-9-16(14)17(18-2)10-11-19(3)13-15-8-6-12-20-15/h4-5,7,9,15,17-18H,6,8,10-13H2,1-3H3. The van der Waals surface area contributed by atoms with Crippen LogP contribution in [0.15, 0.2) is 24.3 Å². The van der Waals surface area contributed by atoms with Crippen LogP contribution in [0.5, 0.6) is 0 Å². The summed E-state index contributed by atoms with van der Waals surface area (Å²) >= 11 is 0. The normalized spacial score (nSPS) is 20.5. The molecule has 1 N–H and O–H groups in total. The van der Waals surface area contributed by atoms with Gasteiger partial charge in [0.15, 0.2) is 0 Å². The van der Waals surface area contributed by atoms with Crippen LogP contribution in [0.1, 0.15) is 36.4 Å². The summed E-state index contributed by atoms with van der Waals surface area (Å²) < 4.78 is 5.70. The molecule has 2 rings (SSSR count). The van der Waals surface area contributed by atoms with Crippen LogP contribution in [0.4, 0.5) is 0 Å². The Kier molecular flexibility index (Phi) is 6.02. The number of aryl methyl sites for hydroxylation is 1. The number of benzene rings is 1. The van der Waals surface area contributed by atoms with Gasteiger partial charge in [-0.3, -0.25) is 0 Å². The second kappa shape index (κ2) is 7.77. The van der Waals surface area contributed by atoms with Gasteiger partial charge in [0.05, 0.1) is 6.10 Å². The summed E-state index contributed by atoms with van der Waals surface area (Å²) in [7, 11) is 4.25. The molecule has 2 unspecified atom stereocenters. The van der Waals surface area contributed by atoms with Gasteiger partial charge in [-0.25, -0.2) is 0 Å². The SMILES string of the molecule is CNC(CCN(C)CC1CCCO1)c1ccccc1C. The van der Waals surface area contributed by atoms with E-state index in [0.717, 1.165) is 26.1 Å². The predicted molar refractivity (Wildman–Crippen MR) is 84.1 cm³/mol. The number of rotatable bonds is 7. The lowest BCUT2D eigenvalue weighted by Gasteiger charge is -2.24. The Labute approximate surface area is 123 Å². The van der Waals surface area contributed by atoms with Gasteiger partial charge in [-0.1, -0.05) is 24.3 Å². The monoisotopic (exact) mass is 276 g/mol. The number of ether oxygens (including phenoxy) is 1. The molecule has 2 atom stereocenters. The van der Waals surface area contributed by atoms with E-state index in [4.69, 9.17) is 4.74 Å². The predicted octanol–water partition coefficient (Wildman–Crippen LogP) is 2.76. The Hall–Kier alpha value is -0.900. The highest BCUT2D eigenvalue weighted by molar-refractivity contribution is 5.28. The summed E-state index contributed by atoms with van der Waals surface area (Å²) in [6.45, 7) is 5.29. The highest BCUT2D eigenvalue weighted by atomic mass is 16.5. The summed E-state index contributed by atoms with van der Waals surface area (Å²) in [5, 5.41) is 3.45. The van der Waals surface area contributed by atoms with Crippen molar-refractivity contribution >= 4 is 0 Å². The van der Waals surface area contributed by atoms with Crippen molar-refractivity contribution in [2.45, 2.75) is 38.3 Å². The van der Waals surface area contributed by atoms with Crippen molar-refractivity contribution < 1.29 is 4.74 Å². The third-order valence-electron chi connectivity index (χ3n) is 4.25.